The van der Waals surface area contributed by atoms with Crippen LogP contribution in [-0.2, 0) is 9.53 Å². The highest BCUT2D eigenvalue weighted by Gasteiger charge is 2.34. The van der Waals surface area contributed by atoms with E-state index in [1.807, 2.05) is 104 Å². The summed E-state index contributed by atoms with van der Waals surface area (Å²) in [5.74, 6) is 0.143. The number of non-ortho nitro benzene ring substituents is 1. The van der Waals surface area contributed by atoms with Crippen molar-refractivity contribution in [3.8, 4) is 34.0 Å². The first-order chi connectivity index (χ1) is 25.6. The van der Waals surface area contributed by atoms with Gasteiger partial charge in [0.05, 0.1) is 50.9 Å². The predicted molar refractivity (Wildman–Crippen MR) is 206 cm³/mol. The number of nitro benzene ring substituents is 1. The maximum Gasteiger partial charge on any atom is 0.338 e. The molecule has 0 amide bonds. The number of ether oxygens (including phenoxy) is 2. The molecule has 53 heavy (non-hydrogen) atoms. The Kier molecular flexibility index (Phi) is 9.75. The average Bonchev–Trinajstić information content (AvgIpc) is 3.68. The molecule has 0 bridgehead atoms. The van der Waals surface area contributed by atoms with Gasteiger partial charge in [0.2, 0.25) is 0 Å². The number of aromatic nitrogens is 2. The molecule has 11 heteroatoms. The smallest absolute Gasteiger partial charge is 0.338 e. The largest absolute Gasteiger partial charge is 0.494 e. The third kappa shape index (κ3) is 6.86. The number of nitro groups is 1. The number of thiazole rings is 1. The zero-order valence-electron chi connectivity index (χ0n) is 29.6. The molecule has 1 atom stereocenters. The van der Waals surface area contributed by atoms with Crippen molar-refractivity contribution >= 4 is 29.1 Å². The summed E-state index contributed by atoms with van der Waals surface area (Å²) in [6.07, 6.45) is 1.49. The van der Waals surface area contributed by atoms with E-state index in [0.717, 1.165) is 28.1 Å². The van der Waals surface area contributed by atoms with Gasteiger partial charge in [0, 0.05) is 23.4 Å². The fraction of sp³-hybridized carbons (Fsp3) is 0.167. The van der Waals surface area contributed by atoms with Gasteiger partial charge in [0.15, 0.2) is 4.80 Å². The molecule has 1 aliphatic heterocycles. The number of hydrogen-bond donors (Lipinski definition) is 0. The van der Waals surface area contributed by atoms with Crippen molar-refractivity contribution in [2.24, 2.45) is 4.99 Å². The highest BCUT2D eigenvalue weighted by atomic mass is 32.1. The Morgan fingerprint density at radius 3 is 2.19 bits per heavy atom. The van der Waals surface area contributed by atoms with Gasteiger partial charge in [-0.05, 0) is 80.8 Å². The molecule has 0 spiro atoms. The Hall–Kier alpha value is -6.33. The van der Waals surface area contributed by atoms with E-state index >= 15 is 0 Å². The first-order valence-electron chi connectivity index (χ1n) is 17.2. The summed E-state index contributed by atoms with van der Waals surface area (Å²) < 4.78 is 15.4. The van der Waals surface area contributed by atoms with Crippen LogP contribution in [0.25, 0.3) is 34.3 Å². The molecule has 3 heterocycles. The van der Waals surface area contributed by atoms with Gasteiger partial charge in [-0.15, -0.1) is 0 Å². The maximum absolute atomic E-state index is 14.7. The molecule has 2 aromatic heterocycles. The predicted octanol–water partition coefficient (Wildman–Crippen LogP) is 7.62. The number of esters is 1. The van der Waals surface area contributed by atoms with Gasteiger partial charge in [0.1, 0.15) is 5.75 Å². The van der Waals surface area contributed by atoms with Crippen molar-refractivity contribution in [3.05, 3.63) is 167 Å². The molecule has 266 valence electrons. The van der Waals surface area contributed by atoms with Crippen LogP contribution in [0.4, 0.5) is 5.69 Å². The molecular weight excluding hydrogens is 689 g/mol. The first kappa shape index (κ1) is 35.1. The van der Waals surface area contributed by atoms with Gasteiger partial charge < -0.3 is 14.0 Å². The second kappa shape index (κ2) is 14.7. The van der Waals surface area contributed by atoms with Crippen LogP contribution >= 0.6 is 11.3 Å². The summed E-state index contributed by atoms with van der Waals surface area (Å²) in [6.45, 7) is 7.74. The van der Waals surface area contributed by atoms with Gasteiger partial charge in [-0.2, -0.15) is 0 Å². The van der Waals surface area contributed by atoms with Crippen molar-refractivity contribution in [1.82, 2.24) is 9.13 Å². The molecule has 0 N–H and O–H groups in total. The van der Waals surface area contributed by atoms with Gasteiger partial charge in [-0.3, -0.25) is 19.5 Å². The van der Waals surface area contributed by atoms with Crippen molar-refractivity contribution < 1.29 is 19.2 Å². The number of nitrogens with zero attached hydrogens (tertiary/aromatic N) is 4. The van der Waals surface area contributed by atoms with Crippen molar-refractivity contribution in [3.63, 3.8) is 0 Å². The molecule has 0 unspecified atom stereocenters. The summed E-state index contributed by atoms with van der Waals surface area (Å²) in [5.41, 5.74) is 6.07. The standard InChI is InChI=1S/C42H36N4O6S/c1-5-51-34-22-16-30(17-23-34)39-37(41(48)52-26(2)3)27(4)43-42-45(39)40(47)36(53-42)25-31-24-35(28-12-8-6-9-13-28)44(38(31)29-14-10-7-11-15-29)32-18-20-33(21-19-32)46(49)50/h6-26,39H,5H2,1-4H3/b36-25+/t39-/m0/s1. The van der Waals surface area contributed by atoms with Crippen LogP contribution in [0.3, 0.4) is 0 Å². The van der Waals surface area contributed by atoms with E-state index in [4.69, 9.17) is 14.5 Å². The second-order valence-corrected chi connectivity index (χ2v) is 13.7. The summed E-state index contributed by atoms with van der Waals surface area (Å²) in [4.78, 5) is 44.7. The van der Waals surface area contributed by atoms with E-state index in [-0.39, 0.29) is 17.4 Å². The Balaban J connectivity index is 1.48. The zero-order chi connectivity index (χ0) is 37.2. The van der Waals surface area contributed by atoms with Crippen LogP contribution in [0.15, 0.2) is 136 Å². The Morgan fingerprint density at radius 2 is 1.58 bits per heavy atom. The number of rotatable bonds is 10. The lowest BCUT2D eigenvalue weighted by Gasteiger charge is -2.25. The van der Waals surface area contributed by atoms with Gasteiger partial charge in [-0.1, -0.05) is 84.1 Å². The van der Waals surface area contributed by atoms with E-state index < -0.39 is 16.9 Å². The normalized spacial score (nSPS) is 14.2. The molecule has 1 aliphatic rings. The Labute approximate surface area is 309 Å². The fourth-order valence-corrected chi connectivity index (χ4v) is 7.61. The maximum atomic E-state index is 14.7. The molecule has 7 rings (SSSR count). The average molecular weight is 725 g/mol. The molecule has 0 saturated heterocycles. The van der Waals surface area contributed by atoms with E-state index in [0.29, 0.717) is 44.2 Å². The molecule has 10 nitrogen and oxygen atoms in total. The van der Waals surface area contributed by atoms with Crippen molar-refractivity contribution in [2.45, 2.75) is 39.8 Å². The monoisotopic (exact) mass is 724 g/mol. The highest BCUT2D eigenvalue weighted by molar-refractivity contribution is 7.07. The van der Waals surface area contributed by atoms with E-state index in [1.54, 1.807) is 37.5 Å². The number of benzene rings is 4. The number of allylic oxidation sites excluding steroid dienone is 1. The quantitative estimate of drug-likeness (QED) is 0.0815. The SMILES string of the molecule is CCOc1ccc([C@H]2C(C(=O)OC(C)C)=C(C)N=c3s/c(=C/c4cc(-c5ccccc5)n(-c5ccc([N+](=O)[O-])cc5)c4-c4ccccc4)c(=O)n32)cc1. The van der Waals surface area contributed by atoms with Crippen molar-refractivity contribution in [1.29, 1.82) is 0 Å². The minimum Gasteiger partial charge on any atom is -0.494 e. The second-order valence-electron chi connectivity index (χ2n) is 12.7. The van der Waals surface area contributed by atoms with E-state index in [1.165, 1.54) is 23.5 Å². The lowest BCUT2D eigenvalue weighted by Crippen LogP contribution is -2.40. The first-order valence-corrected chi connectivity index (χ1v) is 18.0. The lowest BCUT2D eigenvalue weighted by molar-refractivity contribution is -0.384. The van der Waals surface area contributed by atoms with E-state index in [9.17, 15) is 19.7 Å². The summed E-state index contributed by atoms with van der Waals surface area (Å²) in [7, 11) is 0. The zero-order valence-corrected chi connectivity index (χ0v) is 30.4. The van der Waals surface area contributed by atoms with Gasteiger partial charge in [-0.25, -0.2) is 9.79 Å². The summed E-state index contributed by atoms with van der Waals surface area (Å²) in [5, 5.41) is 11.5. The van der Waals surface area contributed by atoms with Crippen LogP contribution < -0.4 is 19.6 Å². The topological polar surface area (TPSA) is 118 Å². The molecule has 4 aromatic carbocycles. The number of carbonyl (C=O) groups is 1. The van der Waals surface area contributed by atoms with Crippen LogP contribution in [0.5, 0.6) is 5.75 Å². The van der Waals surface area contributed by atoms with Crippen LogP contribution in [0.1, 0.15) is 44.9 Å². The summed E-state index contributed by atoms with van der Waals surface area (Å²) >= 11 is 1.25. The summed E-state index contributed by atoms with van der Waals surface area (Å²) in [6, 6.07) is 34.7. The Bertz CT molecular complexity index is 2530. The van der Waals surface area contributed by atoms with Crippen LogP contribution in [0, 0.1) is 10.1 Å². The van der Waals surface area contributed by atoms with Gasteiger partial charge >= 0.3 is 5.97 Å². The minimum atomic E-state index is -0.784. The molecule has 0 fully saturated rings. The lowest BCUT2D eigenvalue weighted by atomic mass is 9.96. The van der Waals surface area contributed by atoms with Crippen LogP contribution in [0.2, 0.25) is 0 Å². The molecule has 6 aromatic rings. The van der Waals surface area contributed by atoms with E-state index in [2.05, 4.69) is 4.57 Å². The number of fused-ring (bicyclic) bond motifs is 1. The minimum absolute atomic E-state index is 0.0150. The van der Waals surface area contributed by atoms with Crippen LogP contribution in [-0.4, -0.2) is 32.7 Å². The fourth-order valence-electron chi connectivity index (χ4n) is 6.57. The number of carbonyl (C=O) groups excluding carboxylic acids is 1. The van der Waals surface area contributed by atoms with Gasteiger partial charge in [0.25, 0.3) is 11.2 Å². The third-order valence-electron chi connectivity index (χ3n) is 8.84. The molecule has 0 radical (unpaired) electrons. The third-order valence-corrected chi connectivity index (χ3v) is 9.83. The highest BCUT2D eigenvalue weighted by Crippen LogP contribution is 2.37. The molecule has 0 aliphatic carbocycles. The molecule has 0 saturated carbocycles. The molecular formula is C42H36N4O6S. The Morgan fingerprint density at radius 1 is 0.943 bits per heavy atom. The van der Waals surface area contributed by atoms with Crippen molar-refractivity contribution in [2.75, 3.05) is 6.61 Å². The number of hydrogen-bond acceptors (Lipinski definition) is 8.